The molecule has 0 saturated heterocycles. The number of halogens is 2. The van der Waals surface area contributed by atoms with Gasteiger partial charge in [0.15, 0.2) is 0 Å². The Morgan fingerprint density at radius 3 is 1.77 bits per heavy atom. The summed E-state index contributed by atoms with van der Waals surface area (Å²) in [6.07, 6.45) is -0.760. The quantitative estimate of drug-likeness (QED) is 0.684. The van der Waals surface area contributed by atoms with Gasteiger partial charge < -0.3 is 9.47 Å². The molecule has 1 aliphatic carbocycles. The van der Waals surface area contributed by atoms with E-state index in [0.29, 0.717) is 12.8 Å². The standard InChI is InChI=1S/C9H16F2O2/c1-12-7-3-6(9(10)11)4-8(5-7)13-2/h6-9H,3-5H2,1-2H3. The molecule has 13 heavy (non-hydrogen) atoms. The number of hydrogen-bond acceptors (Lipinski definition) is 2. The Morgan fingerprint density at radius 2 is 1.46 bits per heavy atom. The molecule has 0 radical (unpaired) electrons. The molecule has 78 valence electrons. The van der Waals surface area contributed by atoms with Crippen LogP contribution in [-0.2, 0) is 9.47 Å². The van der Waals surface area contributed by atoms with Gasteiger partial charge in [0.05, 0.1) is 12.2 Å². The van der Waals surface area contributed by atoms with Crippen molar-refractivity contribution in [2.45, 2.75) is 37.9 Å². The first-order chi connectivity index (χ1) is 6.17. The molecule has 1 aliphatic rings. The Labute approximate surface area is 77.2 Å². The van der Waals surface area contributed by atoms with Crippen molar-refractivity contribution in [2.24, 2.45) is 5.92 Å². The summed E-state index contributed by atoms with van der Waals surface area (Å²) in [6.45, 7) is 0. The Morgan fingerprint density at radius 1 is 1.00 bits per heavy atom. The fourth-order valence-corrected chi connectivity index (χ4v) is 1.85. The zero-order valence-electron chi connectivity index (χ0n) is 8.00. The van der Waals surface area contributed by atoms with Gasteiger partial charge in [0.2, 0.25) is 6.43 Å². The second-order valence-corrected chi connectivity index (χ2v) is 3.52. The van der Waals surface area contributed by atoms with E-state index in [1.54, 1.807) is 14.2 Å². The maximum atomic E-state index is 12.4. The first-order valence-corrected chi connectivity index (χ1v) is 4.51. The van der Waals surface area contributed by atoms with Crippen molar-refractivity contribution in [3.8, 4) is 0 Å². The second kappa shape index (κ2) is 4.86. The van der Waals surface area contributed by atoms with E-state index in [0.717, 1.165) is 6.42 Å². The number of rotatable bonds is 3. The highest BCUT2D eigenvalue weighted by Crippen LogP contribution is 2.31. The molecule has 4 heteroatoms. The number of alkyl halides is 2. The van der Waals surface area contributed by atoms with Gasteiger partial charge in [-0.15, -0.1) is 0 Å². The van der Waals surface area contributed by atoms with Gasteiger partial charge in [-0.05, 0) is 19.3 Å². The molecule has 0 aromatic carbocycles. The molecule has 0 aromatic heterocycles. The fourth-order valence-electron chi connectivity index (χ4n) is 1.85. The summed E-state index contributed by atoms with van der Waals surface area (Å²) in [5.74, 6) is -0.566. The molecule has 0 N–H and O–H groups in total. The third-order valence-electron chi connectivity index (χ3n) is 2.68. The van der Waals surface area contributed by atoms with Crippen LogP contribution in [0.4, 0.5) is 8.78 Å². The van der Waals surface area contributed by atoms with Crippen LogP contribution in [-0.4, -0.2) is 32.9 Å². The third kappa shape index (κ3) is 2.88. The van der Waals surface area contributed by atoms with Crippen LogP contribution in [0.5, 0.6) is 0 Å². The van der Waals surface area contributed by atoms with Gasteiger partial charge in [-0.2, -0.15) is 0 Å². The summed E-state index contributed by atoms with van der Waals surface area (Å²) in [5.41, 5.74) is 0. The van der Waals surface area contributed by atoms with Gasteiger partial charge >= 0.3 is 0 Å². The molecule has 2 nitrogen and oxygen atoms in total. The van der Waals surface area contributed by atoms with E-state index in [9.17, 15) is 8.78 Å². The molecule has 0 aromatic rings. The van der Waals surface area contributed by atoms with E-state index in [4.69, 9.17) is 9.47 Å². The van der Waals surface area contributed by atoms with Crippen LogP contribution < -0.4 is 0 Å². The highest BCUT2D eigenvalue weighted by molar-refractivity contribution is 4.81. The average molecular weight is 194 g/mol. The molecule has 0 aliphatic heterocycles. The third-order valence-corrected chi connectivity index (χ3v) is 2.68. The lowest BCUT2D eigenvalue weighted by atomic mass is 9.85. The number of ether oxygens (including phenoxy) is 2. The van der Waals surface area contributed by atoms with Crippen molar-refractivity contribution in [3.05, 3.63) is 0 Å². The summed E-state index contributed by atoms with van der Waals surface area (Å²) >= 11 is 0. The lowest BCUT2D eigenvalue weighted by molar-refractivity contribution is -0.0655. The largest absolute Gasteiger partial charge is 0.381 e. The normalized spacial score (nSPS) is 35.3. The monoisotopic (exact) mass is 194 g/mol. The van der Waals surface area contributed by atoms with E-state index in [2.05, 4.69) is 0 Å². The highest BCUT2D eigenvalue weighted by atomic mass is 19.3. The van der Waals surface area contributed by atoms with E-state index in [1.807, 2.05) is 0 Å². The predicted octanol–water partition coefficient (Wildman–Crippen LogP) is 2.08. The zero-order chi connectivity index (χ0) is 9.84. The zero-order valence-corrected chi connectivity index (χ0v) is 8.00. The molecule has 0 heterocycles. The van der Waals surface area contributed by atoms with Crippen LogP contribution in [0, 0.1) is 5.92 Å². The van der Waals surface area contributed by atoms with Gasteiger partial charge in [0.1, 0.15) is 0 Å². The topological polar surface area (TPSA) is 18.5 Å². The summed E-state index contributed by atoms with van der Waals surface area (Å²) in [5, 5.41) is 0. The lowest BCUT2D eigenvalue weighted by Gasteiger charge is -2.32. The van der Waals surface area contributed by atoms with Gasteiger partial charge in [-0.25, -0.2) is 8.78 Å². The van der Waals surface area contributed by atoms with Crippen molar-refractivity contribution in [2.75, 3.05) is 14.2 Å². The maximum Gasteiger partial charge on any atom is 0.241 e. The minimum atomic E-state index is -2.25. The van der Waals surface area contributed by atoms with Gasteiger partial charge in [0.25, 0.3) is 0 Å². The number of methoxy groups -OCH3 is 2. The number of hydrogen-bond donors (Lipinski definition) is 0. The minimum absolute atomic E-state index is 0.0716. The first kappa shape index (κ1) is 10.9. The maximum absolute atomic E-state index is 12.4. The molecule has 0 amide bonds. The minimum Gasteiger partial charge on any atom is -0.381 e. The van der Waals surface area contributed by atoms with Crippen LogP contribution >= 0.6 is 0 Å². The SMILES string of the molecule is COC1CC(OC)CC(C(F)F)C1. The molecule has 2 atom stereocenters. The molecule has 1 fully saturated rings. The molecule has 0 spiro atoms. The van der Waals surface area contributed by atoms with Crippen molar-refractivity contribution < 1.29 is 18.3 Å². The lowest BCUT2D eigenvalue weighted by Crippen LogP contribution is -2.35. The van der Waals surface area contributed by atoms with E-state index in [-0.39, 0.29) is 12.2 Å². The molecular weight excluding hydrogens is 178 g/mol. The average Bonchev–Trinajstić information content (AvgIpc) is 2.16. The Kier molecular flexibility index (Phi) is 4.06. The summed E-state index contributed by atoms with van der Waals surface area (Å²) in [6, 6.07) is 0. The van der Waals surface area contributed by atoms with Gasteiger partial charge in [0, 0.05) is 20.1 Å². The summed E-state index contributed by atoms with van der Waals surface area (Å²) in [7, 11) is 3.12. The smallest absolute Gasteiger partial charge is 0.241 e. The molecule has 2 unspecified atom stereocenters. The molecule has 1 rings (SSSR count). The Balaban J connectivity index is 2.49. The molecule has 1 saturated carbocycles. The van der Waals surface area contributed by atoms with Crippen molar-refractivity contribution >= 4 is 0 Å². The summed E-state index contributed by atoms with van der Waals surface area (Å²) in [4.78, 5) is 0. The molecule has 0 bridgehead atoms. The van der Waals surface area contributed by atoms with Crippen molar-refractivity contribution in [1.82, 2.24) is 0 Å². The fraction of sp³-hybridized carbons (Fsp3) is 1.00. The van der Waals surface area contributed by atoms with Crippen molar-refractivity contribution in [3.63, 3.8) is 0 Å². The van der Waals surface area contributed by atoms with Crippen LogP contribution in [0.2, 0.25) is 0 Å². The van der Waals surface area contributed by atoms with Crippen LogP contribution in [0.25, 0.3) is 0 Å². The Bertz CT molecular complexity index is 141. The van der Waals surface area contributed by atoms with Crippen LogP contribution in [0.3, 0.4) is 0 Å². The van der Waals surface area contributed by atoms with Crippen molar-refractivity contribution in [1.29, 1.82) is 0 Å². The highest BCUT2D eigenvalue weighted by Gasteiger charge is 2.33. The first-order valence-electron chi connectivity index (χ1n) is 4.51. The van der Waals surface area contributed by atoms with E-state index >= 15 is 0 Å². The Hall–Kier alpha value is -0.220. The van der Waals surface area contributed by atoms with Gasteiger partial charge in [-0.1, -0.05) is 0 Å². The molecular formula is C9H16F2O2. The predicted molar refractivity (Wildman–Crippen MR) is 44.9 cm³/mol. The van der Waals surface area contributed by atoms with Crippen LogP contribution in [0.15, 0.2) is 0 Å². The van der Waals surface area contributed by atoms with Crippen LogP contribution in [0.1, 0.15) is 19.3 Å². The van der Waals surface area contributed by atoms with E-state index < -0.39 is 12.3 Å². The van der Waals surface area contributed by atoms with Gasteiger partial charge in [-0.3, -0.25) is 0 Å². The summed E-state index contributed by atoms with van der Waals surface area (Å²) < 4.78 is 35.0. The van der Waals surface area contributed by atoms with E-state index in [1.165, 1.54) is 0 Å². The second-order valence-electron chi connectivity index (χ2n) is 3.52.